The summed E-state index contributed by atoms with van der Waals surface area (Å²) in [6.45, 7) is 0. The standard InChI is InChI=1S/C12H9Cl2N3O2/c13-7-3-4-9(14)8(5-7)11-16-17-12(19-11)15-10(18)6-1-2-6/h3-6H,1-2H2,(H,15,17,18). The van der Waals surface area contributed by atoms with Gasteiger partial charge < -0.3 is 4.42 Å². The van der Waals surface area contributed by atoms with Gasteiger partial charge in [0.05, 0.1) is 10.6 Å². The van der Waals surface area contributed by atoms with Crippen LogP contribution in [-0.4, -0.2) is 16.1 Å². The highest BCUT2D eigenvalue weighted by Gasteiger charge is 2.30. The fraction of sp³-hybridized carbons (Fsp3) is 0.250. The molecule has 1 aliphatic carbocycles. The topological polar surface area (TPSA) is 68.0 Å². The van der Waals surface area contributed by atoms with Gasteiger partial charge in [0.1, 0.15) is 0 Å². The van der Waals surface area contributed by atoms with Gasteiger partial charge in [-0.05, 0) is 31.0 Å². The molecule has 1 aliphatic rings. The Morgan fingerprint density at radius 1 is 1.32 bits per heavy atom. The first-order chi connectivity index (χ1) is 9.13. The number of aromatic nitrogens is 2. The van der Waals surface area contributed by atoms with E-state index >= 15 is 0 Å². The van der Waals surface area contributed by atoms with Crippen LogP contribution < -0.4 is 5.32 Å². The first-order valence-electron chi connectivity index (χ1n) is 5.73. The second kappa shape index (κ2) is 4.83. The molecule has 7 heteroatoms. The maximum absolute atomic E-state index is 11.6. The van der Waals surface area contributed by atoms with Gasteiger partial charge in [-0.15, -0.1) is 5.10 Å². The van der Waals surface area contributed by atoms with Crippen molar-refractivity contribution in [2.45, 2.75) is 12.8 Å². The average Bonchev–Trinajstić information content (AvgIpc) is 3.14. The van der Waals surface area contributed by atoms with Crippen LogP contribution >= 0.6 is 23.2 Å². The maximum atomic E-state index is 11.6. The third kappa shape index (κ3) is 2.72. The SMILES string of the molecule is O=C(Nc1nnc(-c2cc(Cl)ccc2Cl)o1)C1CC1. The Labute approximate surface area is 118 Å². The lowest BCUT2D eigenvalue weighted by molar-refractivity contribution is -0.117. The Kier molecular flexibility index (Phi) is 3.16. The second-order valence-corrected chi connectivity index (χ2v) is 5.14. The molecule has 1 saturated carbocycles. The van der Waals surface area contributed by atoms with Crippen LogP contribution in [0.4, 0.5) is 6.01 Å². The van der Waals surface area contributed by atoms with Crippen molar-refractivity contribution in [1.29, 1.82) is 0 Å². The second-order valence-electron chi connectivity index (χ2n) is 4.30. The van der Waals surface area contributed by atoms with E-state index in [2.05, 4.69) is 15.5 Å². The van der Waals surface area contributed by atoms with Crippen molar-refractivity contribution in [1.82, 2.24) is 10.2 Å². The van der Waals surface area contributed by atoms with Crippen LogP contribution in [-0.2, 0) is 4.79 Å². The molecule has 0 radical (unpaired) electrons. The fourth-order valence-corrected chi connectivity index (χ4v) is 1.97. The molecular formula is C12H9Cl2N3O2. The number of hydrogen-bond donors (Lipinski definition) is 1. The van der Waals surface area contributed by atoms with Crippen molar-refractivity contribution in [3.8, 4) is 11.5 Å². The Morgan fingerprint density at radius 2 is 2.11 bits per heavy atom. The zero-order valence-electron chi connectivity index (χ0n) is 9.69. The van der Waals surface area contributed by atoms with Crippen molar-refractivity contribution < 1.29 is 9.21 Å². The zero-order chi connectivity index (χ0) is 13.4. The molecule has 98 valence electrons. The molecule has 1 fully saturated rings. The molecule has 1 heterocycles. The molecule has 2 aromatic rings. The van der Waals surface area contributed by atoms with Crippen LogP contribution in [0.25, 0.3) is 11.5 Å². The first kappa shape index (κ1) is 12.4. The van der Waals surface area contributed by atoms with Crippen LogP contribution in [0.2, 0.25) is 10.0 Å². The van der Waals surface area contributed by atoms with E-state index < -0.39 is 0 Å². The highest BCUT2D eigenvalue weighted by molar-refractivity contribution is 6.35. The lowest BCUT2D eigenvalue weighted by atomic mass is 10.2. The number of amides is 1. The molecular weight excluding hydrogens is 289 g/mol. The van der Waals surface area contributed by atoms with E-state index in [1.165, 1.54) is 0 Å². The zero-order valence-corrected chi connectivity index (χ0v) is 11.2. The normalized spacial score (nSPS) is 14.4. The minimum absolute atomic E-state index is 0.0722. The molecule has 0 spiro atoms. The molecule has 1 amide bonds. The minimum Gasteiger partial charge on any atom is -0.403 e. The van der Waals surface area contributed by atoms with Crippen LogP contribution in [0.1, 0.15) is 12.8 Å². The minimum atomic E-state index is -0.0904. The number of benzene rings is 1. The molecule has 19 heavy (non-hydrogen) atoms. The summed E-state index contributed by atoms with van der Waals surface area (Å²) in [4.78, 5) is 11.6. The number of anilines is 1. The third-order valence-electron chi connectivity index (χ3n) is 2.76. The maximum Gasteiger partial charge on any atom is 0.322 e. The molecule has 1 aromatic heterocycles. The predicted molar refractivity (Wildman–Crippen MR) is 71.1 cm³/mol. The quantitative estimate of drug-likeness (QED) is 0.943. The predicted octanol–water partition coefficient (Wildman–Crippen LogP) is 3.39. The molecule has 0 aliphatic heterocycles. The first-order valence-corrected chi connectivity index (χ1v) is 6.49. The van der Waals surface area contributed by atoms with E-state index in [0.717, 1.165) is 12.8 Å². The molecule has 5 nitrogen and oxygen atoms in total. The molecule has 1 N–H and O–H groups in total. The largest absolute Gasteiger partial charge is 0.403 e. The highest BCUT2D eigenvalue weighted by Crippen LogP contribution is 2.32. The lowest BCUT2D eigenvalue weighted by Gasteiger charge is -1.99. The van der Waals surface area contributed by atoms with Crippen molar-refractivity contribution in [2.75, 3.05) is 5.32 Å². The fourth-order valence-electron chi connectivity index (χ4n) is 1.60. The highest BCUT2D eigenvalue weighted by atomic mass is 35.5. The molecule has 0 saturated heterocycles. The monoisotopic (exact) mass is 297 g/mol. The summed E-state index contributed by atoms with van der Waals surface area (Å²) in [6, 6.07) is 5.01. The van der Waals surface area contributed by atoms with Gasteiger partial charge in [0.15, 0.2) is 0 Å². The van der Waals surface area contributed by atoms with Gasteiger partial charge in [0, 0.05) is 10.9 Å². The molecule has 0 unspecified atom stereocenters. The van der Waals surface area contributed by atoms with Crippen LogP contribution in [0, 0.1) is 5.92 Å². The Hall–Kier alpha value is -1.59. The van der Waals surface area contributed by atoms with Gasteiger partial charge in [0.2, 0.25) is 5.91 Å². The summed E-state index contributed by atoms with van der Waals surface area (Å²) < 4.78 is 5.36. The van der Waals surface area contributed by atoms with Crippen molar-refractivity contribution in [3.05, 3.63) is 28.2 Å². The number of carbonyl (C=O) groups excluding carboxylic acids is 1. The number of halogens is 2. The smallest absolute Gasteiger partial charge is 0.322 e. The van der Waals surface area contributed by atoms with E-state index in [4.69, 9.17) is 27.6 Å². The molecule has 0 bridgehead atoms. The average molecular weight is 298 g/mol. The van der Waals surface area contributed by atoms with Gasteiger partial charge >= 0.3 is 6.01 Å². The number of carbonyl (C=O) groups is 1. The summed E-state index contributed by atoms with van der Waals surface area (Å²) in [6.07, 6.45) is 1.82. The van der Waals surface area contributed by atoms with E-state index in [1.54, 1.807) is 18.2 Å². The summed E-state index contributed by atoms with van der Waals surface area (Å²) >= 11 is 11.9. The summed E-state index contributed by atoms with van der Waals surface area (Å²) in [7, 11) is 0. The Balaban J connectivity index is 1.83. The third-order valence-corrected chi connectivity index (χ3v) is 3.33. The van der Waals surface area contributed by atoms with Gasteiger partial charge in [-0.2, -0.15) is 0 Å². The Bertz CT molecular complexity index is 638. The van der Waals surface area contributed by atoms with Gasteiger partial charge in [-0.3, -0.25) is 10.1 Å². The van der Waals surface area contributed by atoms with Gasteiger partial charge in [-0.1, -0.05) is 28.3 Å². The number of nitrogens with one attached hydrogen (secondary N) is 1. The van der Waals surface area contributed by atoms with Crippen molar-refractivity contribution in [2.24, 2.45) is 5.92 Å². The van der Waals surface area contributed by atoms with Gasteiger partial charge in [0.25, 0.3) is 5.89 Å². The van der Waals surface area contributed by atoms with E-state index in [-0.39, 0.29) is 23.7 Å². The summed E-state index contributed by atoms with van der Waals surface area (Å²) in [5, 5.41) is 11.1. The Morgan fingerprint density at radius 3 is 2.84 bits per heavy atom. The van der Waals surface area contributed by atoms with Crippen LogP contribution in [0.15, 0.2) is 22.6 Å². The number of nitrogens with zero attached hydrogens (tertiary/aromatic N) is 2. The number of hydrogen-bond acceptors (Lipinski definition) is 4. The van der Waals surface area contributed by atoms with E-state index in [1.807, 2.05) is 0 Å². The summed E-state index contributed by atoms with van der Waals surface area (Å²) in [5.74, 6) is 0.205. The molecule has 3 rings (SSSR count). The van der Waals surface area contributed by atoms with E-state index in [9.17, 15) is 4.79 Å². The van der Waals surface area contributed by atoms with E-state index in [0.29, 0.717) is 15.6 Å². The van der Waals surface area contributed by atoms with Crippen molar-refractivity contribution in [3.63, 3.8) is 0 Å². The van der Waals surface area contributed by atoms with Crippen molar-refractivity contribution >= 4 is 35.1 Å². The molecule has 1 aromatic carbocycles. The summed E-state index contributed by atoms with van der Waals surface area (Å²) in [5.41, 5.74) is 0.536. The lowest BCUT2D eigenvalue weighted by Crippen LogP contribution is -2.13. The van der Waals surface area contributed by atoms with Gasteiger partial charge in [-0.25, -0.2) is 0 Å². The van der Waals surface area contributed by atoms with Crippen LogP contribution in [0.3, 0.4) is 0 Å². The van der Waals surface area contributed by atoms with Crippen LogP contribution in [0.5, 0.6) is 0 Å². The number of rotatable bonds is 3. The molecule has 0 atom stereocenters.